The highest BCUT2D eigenvalue weighted by molar-refractivity contribution is 7.99. The van der Waals surface area contributed by atoms with Crippen LogP contribution < -0.4 is 0 Å². The molecule has 1 fully saturated rings. The first kappa shape index (κ1) is 21.0. The highest BCUT2D eigenvalue weighted by Gasteiger charge is 2.27. The van der Waals surface area contributed by atoms with Gasteiger partial charge >= 0.3 is 0 Å². The molecule has 0 bridgehead atoms. The van der Waals surface area contributed by atoms with Crippen LogP contribution in [0.2, 0.25) is 0 Å². The Morgan fingerprint density at radius 2 is 1.83 bits per heavy atom. The lowest BCUT2D eigenvalue weighted by Crippen LogP contribution is -2.27. The van der Waals surface area contributed by atoms with Crippen molar-refractivity contribution in [3.05, 3.63) is 41.9 Å². The molecular formula is C20H24N6O2S2. The summed E-state index contributed by atoms with van der Waals surface area (Å²) in [5.41, 5.74) is 1.62. The number of aromatic nitrogens is 5. The van der Waals surface area contributed by atoms with Gasteiger partial charge in [-0.2, -0.15) is 4.31 Å². The molecular weight excluding hydrogens is 420 g/mol. The summed E-state index contributed by atoms with van der Waals surface area (Å²) in [6.45, 7) is 7.61. The lowest BCUT2D eigenvalue weighted by molar-refractivity contribution is 0.477. The van der Waals surface area contributed by atoms with Gasteiger partial charge in [0.05, 0.1) is 4.90 Å². The van der Waals surface area contributed by atoms with Crippen LogP contribution in [-0.2, 0) is 16.6 Å². The van der Waals surface area contributed by atoms with Crippen LogP contribution in [0.4, 0.5) is 0 Å². The number of nitrogens with zero attached hydrogens (tertiary/aromatic N) is 6. The molecule has 0 atom stereocenters. The molecule has 0 saturated carbocycles. The topological polar surface area (TPSA) is 93.9 Å². The monoisotopic (exact) mass is 444 g/mol. The average Bonchev–Trinajstić information content (AvgIpc) is 3.37. The predicted octanol–water partition coefficient (Wildman–Crippen LogP) is 3.31. The SMILES string of the molecule is CCn1c(Sc2cc(C)nc(C)n2)nnc1-c1cccc(S(=O)(=O)N2CCCC2)c1. The van der Waals surface area contributed by atoms with E-state index in [1.54, 1.807) is 22.5 Å². The van der Waals surface area contributed by atoms with E-state index in [9.17, 15) is 8.42 Å². The molecule has 0 spiro atoms. The Hall–Kier alpha value is -2.30. The van der Waals surface area contributed by atoms with Crippen molar-refractivity contribution in [1.29, 1.82) is 0 Å². The smallest absolute Gasteiger partial charge is 0.243 e. The van der Waals surface area contributed by atoms with E-state index in [2.05, 4.69) is 20.2 Å². The third-order valence-electron chi connectivity index (χ3n) is 4.97. The molecule has 30 heavy (non-hydrogen) atoms. The van der Waals surface area contributed by atoms with Gasteiger partial charge in [-0.15, -0.1) is 10.2 Å². The first-order chi connectivity index (χ1) is 14.4. The van der Waals surface area contributed by atoms with Crippen molar-refractivity contribution < 1.29 is 8.42 Å². The van der Waals surface area contributed by atoms with Gasteiger partial charge in [0, 0.05) is 30.9 Å². The van der Waals surface area contributed by atoms with E-state index in [0.29, 0.717) is 41.3 Å². The standard InChI is InChI=1S/C20H24N6O2S2/c1-4-26-19(23-24-20(26)29-18-12-14(2)21-15(3)22-18)16-8-7-9-17(13-16)30(27,28)25-10-5-6-11-25/h7-9,12-13H,4-6,10-11H2,1-3H3. The molecule has 0 radical (unpaired) electrons. The summed E-state index contributed by atoms with van der Waals surface area (Å²) in [5, 5.41) is 10.2. The van der Waals surface area contributed by atoms with Crippen molar-refractivity contribution in [3.63, 3.8) is 0 Å². The molecule has 1 saturated heterocycles. The van der Waals surface area contributed by atoms with Gasteiger partial charge in [-0.05, 0) is 63.6 Å². The fourth-order valence-electron chi connectivity index (χ4n) is 3.56. The van der Waals surface area contributed by atoms with Crippen molar-refractivity contribution in [2.24, 2.45) is 0 Å². The van der Waals surface area contributed by atoms with Crippen LogP contribution in [0, 0.1) is 13.8 Å². The normalized spacial score (nSPS) is 15.0. The largest absolute Gasteiger partial charge is 0.302 e. The highest BCUT2D eigenvalue weighted by Crippen LogP contribution is 2.30. The molecule has 158 valence electrons. The quantitative estimate of drug-likeness (QED) is 0.538. The summed E-state index contributed by atoms with van der Waals surface area (Å²) in [6.07, 6.45) is 1.82. The van der Waals surface area contributed by atoms with Crippen LogP contribution in [0.5, 0.6) is 0 Å². The molecule has 0 aliphatic carbocycles. The van der Waals surface area contributed by atoms with Crippen molar-refractivity contribution >= 4 is 21.8 Å². The molecule has 10 heteroatoms. The minimum absolute atomic E-state index is 0.295. The van der Waals surface area contributed by atoms with Crippen molar-refractivity contribution in [2.75, 3.05) is 13.1 Å². The Labute approximate surface area is 180 Å². The van der Waals surface area contributed by atoms with E-state index in [0.717, 1.165) is 29.1 Å². The molecule has 8 nitrogen and oxygen atoms in total. The second-order valence-corrected chi connectivity index (χ2v) is 10.1. The summed E-state index contributed by atoms with van der Waals surface area (Å²) in [7, 11) is -3.49. The molecule has 3 aromatic rings. The maximum atomic E-state index is 12.9. The zero-order chi connectivity index (χ0) is 21.3. The Kier molecular flexibility index (Phi) is 5.90. The van der Waals surface area contributed by atoms with E-state index < -0.39 is 10.0 Å². The second kappa shape index (κ2) is 8.44. The molecule has 0 amide bonds. The molecule has 1 aliphatic heterocycles. The van der Waals surface area contributed by atoms with Crippen molar-refractivity contribution in [2.45, 2.75) is 55.2 Å². The zero-order valence-electron chi connectivity index (χ0n) is 17.2. The van der Waals surface area contributed by atoms with Crippen LogP contribution >= 0.6 is 11.8 Å². The summed E-state index contributed by atoms with van der Waals surface area (Å²) < 4.78 is 29.4. The summed E-state index contributed by atoms with van der Waals surface area (Å²) >= 11 is 1.42. The summed E-state index contributed by atoms with van der Waals surface area (Å²) in [6, 6.07) is 8.88. The zero-order valence-corrected chi connectivity index (χ0v) is 18.9. The number of rotatable bonds is 6. The van der Waals surface area contributed by atoms with Crippen LogP contribution in [-0.4, -0.2) is 50.5 Å². The number of hydrogen-bond donors (Lipinski definition) is 0. The van der Waals surface area contributed by atoms with Gasteiger partial charge in [0.1, 0.15) is 10.9 Å². The van der Waals surface area contributed by atoms with Gasteiger partial charge in [0.15, 0.2) is 11.0 Å². The third-order valence-corrected chi connectivity index (χ3v) is 7.76. The maximum absolute atomic E-state index is 12.9. The molecule has 0 N–H and O–H groups in total. The number of aryl methyl sites for hydroxylation is 2. The second-order valence-electron chi connectivity index (χ2n) is 7.19. The van der Waals surface area contributed by atoms with E-state index >= 15 is 0 Å². The summed E-state index contributed by atoms with van der Waals surface area (Å²) in [5.74, 6) is 1.35. The minimum atomic E-state index is -3.49. The van der Waals surface area contributed by atoms with Gasteiger partial charge in [0.2, 0.25) is 10.0 Å². The molecule has 3 heterocycles. The van der Waals surface area contributed by atoms with Crippen LogP contribution in [0.15, 0.2) is 45.4 Å². The fraction of sp³-hybridized carbons (Fsp3) is 0.400. The first-order valence-corrected chi connectivity index (χ1v) is 12.2. The lowest BCUT2D eigenvalue weighted by atomic mass is 10.2. The van der Waals surface area contributed by atoms with E-state index in [-0.39, 0.29) is 0 Å². The molecule has 4 rings (SSSR count). The van der Waals surface area contributed by atoms with Crippen LogP contribution in [0.1, 0.15) is 31.3 Å². The average molecular weight is 445 g/mol. The number of benzene rings is 1. The Bertz CT molecular complexity index is 1150. The third kappa shape index (κ3) is 4.12. The van der Waals surface area contributed by atoms with Crippen molar-refractivity contribution in [1.82, 2.24) is 29.0 Å². The molecule has 1 aliphatic rings. The highest BCUT2D eigenvalue weighted by atomic mass is 32.2. The molecule has 2 aromatic heterocycles. The van der Waals surface area contributed by atoms with E-state index in [4.69, 9.17) is 0 Å². The van der Waals surface area contributed by atoms with E-state index in [1.807, 2.05) is 37.5 Å². The Morgan fingerprint density at radius 1 is 1.07 bits per heavy atom. The Morgan fingerprint density at radius 3 is 2.53 bits per heavy atom. The van der Waals surface area contributed by atoms with Crippen LogP contribution in [0.25, 0.3) is 11.4 Å². The van der Waals surface area contributed by atoms with Crippen molar-refractivity contribution in [3.8, 4) is 11.4 Å². The molecule has 0 unspecified atom stereocenters. The lowest BCUT2D eigenvalue weighted by Gasteiger charge is -2.16. The summed E-state index contributed by atoms with van der Waals surface area (Å²) in [4.78, 5) is 9.07. The van der Waals surface area contributed by atoms with Crippen LogP contribution in [0.3, 0.4) is 0 Å². The fourth-order valence-corrected chi connectivity index (χ4v) is 6.13. The van der Waals surface area contributed by atoms with Gasteiger partial charge in [-0.1, -0.05) is 12.1 Å². The predicted molar refractivity (Wildman–Crippen MR) is 115 cm³/mol. The maximum Gasteiger partial charge on any atom is 0.243 e. The van der Waals surface area contributed by atoms with E-state index in [1.165, 1.54) is 11.8 Å². The van der Waals surface area contributed by atoms with Gasteiger partial charge in [-0.25, -0.2) is 18.4 Å². The van der Waals surface area contributed by atoms with Gasteiger partial charge in [0.25, 0.3) is 0 Å². The van der Waals surface area contributed by atoms with Gasteiger partial charge in [-0.3, -0.25) is 0 Å². The number of hydrogen-bond acceptors (Lipinski definition) is 7. The van der Waals surface area contributed by atoms with Gasteiger partial charge < -0.3 is 4.57 Å². The molecule has 1 aromatic carbocycles. The number of sulfonamides is 1. The first-order valence-electron chi connectivity index (χ1n) is 9.92. The Balaban J connectivity index is 1.68. The minimum Gasteiger partial charge on any atom is -0.302 e.